The lowest BCUT2D eigenvalue weighted by Crippen LogP contribution is -2.16. The maximum atomic E-state index is 13.6. The van der Waals surface area contributed by atoms with Crippen LogP contribution in [0.1, 0.15) is 16.1 Å². The monoisotopic (exact) mass is 278 g/mol. The van der Waals surface area contributed by atoms with Gasteiger partial charge in [0.25, 0.3) is 5.91 Å². The number of carbonyl (C=O) groups excluding carboxylic acids is 1. The number of hydrazine groups is 1. The molecule has 2 aromatic rings. The minimum atomic E-state index is -0.717. The van der Waals surface area contributed by atoms with Gasteiger partial charge >= 0.3 is 0 Å². The van der Waals surface area contributed by atoms with Crippen molar-refractivity contribution in [3.8, 4) is 0 Å². The Morgan fingerprint density at radius 1 is 1.25 bits per heavy atom. The molecule has 2 rings (SSSR count). The lowest BCUT2D eigenvalue weighted by atomic mass is 10.2. The molecule has 0 fully saturated rings. The average molecular weight is 278 g/mol. The van der Waals surface area contributed by atoms with E-state index in [4.69, 9.17) is 5.84 Å². The lowest BCUT2D eigenvalue weighted by molar-refractivity contribution is 0.102. The van der Waals surface area contributed by atoms with Crippen LogP contribution < -0.4 is 16.6 Å². The van der Waals surface area contributed by atoms with E-state index in [2.05, 4.69) is 15.7 Å². The fourth-order valence-electron chi connectivity index (χ4n) is 1.57. The summed E-state index contributed by atoms with van der Waals surface area (Å²) >= 11 is 0. The SMILES string of the molecule is Cc1cc(F)c(NC(=O)c2cc(NN)ccn2)cc1F. The Labute approximate surface area is 113 Å². The van der Waals surface area contributed by atoms with E-state index in [0.717, 1.165) is 12.1 Å². The zero-order valence-corrected chi connectivity index (χ0v) is 10.6. The molecule has 0 unspecified atom stereocenters. The molecule has 0 bridgehead atoms. The van der Waals surface area contributed by atoms with Crippen molar-refractivity contribution in [3.05, 3.63) is 53.4 Å². The molecule has 1 amide bonds. The molecule has 5 nitrogen and oxygen atoms in total. The molecular formula is C13H12F2N4O. The highest BCUT2D eigenvalue weighted by molar-refractivity contribution is 6.03. The average Bonchev–Trinajstić information content (AvgIpc) is 2.44. The molecule has 0 radical (unpaired) electrons. The number of halogens is 2. The number of nitrogens with zero attached hydrogens (tertiary/aromatic N) is 1. The molecule has 0 spiro atoms. The number of rotatable bonds is 3. The summed E-state index contributed by atoms with van der Waals surface area (Å²) in [6.07, 6.45) is 1.37. The van der Waals surface area contributed by atoms with Crippen LogP contribution in [-0.4, -0.2) is 10.9 Å². The number of nitrogen functional groups attached to an aromatic ring is 1. The number of anilines is 2. The van der Waals surface area contributed by atoms with Gasteiger partial charge in [0.15, 0.2) is 0 Å². The third-order valence-corrected chi connectivity index (χ3v) is 2.66. The Balaban J connectivity index is 2.25. The molecular weight excluding hydrogens is 266 g/mol. The fourth-order valence-corrected chi connectivity index (χ4v) is 1.57. The Hall–Kier alpha value is -2.54. The predicted molar refractivity (Wildman–Crippen MR) is 71.1 cm³/mol. The number of amides is 1. The first kappa shape index (κ1) is 13.9. The largest absolute Gasteiger partial charge is 0.324 e. The van der Waals surface area contributed by atoms with Crippen LogP contribution in [0, 0.1) is 18.6 Å². The van der Waals surface area contributed by atoms with Crippen molar-refractivity contribution in [3.63, 3.8) is 0 Å². The maximum absolute atomic E-state index is 13.6. The highest BCUT2D eigenvalue weighted by Crippen LogP contribution is 2.19. The second kappa shape index (κ2) is 5.62. The summed E-state index contributed by atoms with van der Waals surface area (Å²) in [5, 5.41) is 2.26. The Kier molecular flexibility index (Phi) is 3.90. The molecule has 7 heteroatoms. The van der Waals surface area contributed by atoms with E-state index in [1.165, 1.54) is 19.2 Å². The molecule has 0 aliphatic rings. The number of aryl methyl sites for hydroxylation is 1. The summed E-state index contributed by atoms with van der Waals surface area (Å²) < 4.78 is 27.0. The topological polar surface area (TPSA) is 80.0 Å². The van der Waals surface area contributed by atoms with Crippen LogP contribution in [0.15, 0.2) is 30.5 Å². The summed E-state index contributed by atoms with van der Waals surface area (Å²) in [6, 6.07) is 4.88. The number of nitrogens with two attached hydrogens (primary N) is 1. The number of pyridine rings is 1. The van der Waals surface area contributed by atoms with Gasteiger partial charge in [0.05, 0.1) is 11.4 Å². The number of carbonyl (C=O) groups is 1. The molecule has 0 atom stereocenters. The van der Waals surface area contributed by atoms with E-state index in [1.54, 1.807) is 6.07 Å². The van der Waals surface area contributed by atoms with Crippen molar-refractivity contribution in [2.45, 2.75) is 6.92 Å². The van der Waals surface area contributed by atoms with Gasteiger partial charge in [-0.15, -0.1) is 0 Å². The van der Waals surface area contributed by atoms with Crippen LogP contribution in [0.2, 0.25) is 0 Å². The molecule has 0 saturated carbocycles. The maximum Gasteiger partial charge on any atom is 0.274 e. The molecule has 1 aromatic carbocycles. The number of hydrogen-bond acceptors (Lipinski definition) is 4. The van der Waals surface area contributed by atoms with Gasteiger partial charge < -0.3 is 10.7 Å². The fraction of sp³-hybridized carbons (Fsp3) is 0.0769. The van der Waals surface area contributed by atoms with Gasteiger partial charge in [-0.2, -0.15) is 0 Å². The zero-order chi connectivity index (χ0) is 14.7. The van der Waals surface area contributed by atoms with Crippen LogP contribution in [0.5, 0.6) is 0 Å². The van der Waals surface area contributed by atoms with Gasteiger partial charge in [-0.3, -0.25) is 15.6 Å². The van der Waals surface area contributed by atoms with Crippen LogP contribution >= 0.6 is 0 Å². The first-order chi connectivity index (χ1) is 9.51. The Morgan fingerprint density at radius 3 is 2.70 bits per heavy atom. The molecule has 0 aliphatic carbocycles. The van der Waals surface area contributed by atoms with E-state index < -0.39 is 17.5 Å². The number of hydrogen-bond donors (Lipinski definition) is 3. The van der Waals surface area contributed by atoms with E-state index in [9.17, 15) is 13.6 Å². The van der Waals surface area contributed by atoms with Gasteiger partial charge in [-0.25, -0.2) is 8.78 Å². The summed E-state index contributed by atoms with van der Waals surface area (Å²) in [5.41, 5.74) is 2.78. The summed E-state index contributed by atoms with van der Waals surface area (Å²) in [4.78, 5) is 15.7. The van der Waals surface area contributed by atoms with Gasteiger partial charge in [-0.05, 0) is 30.7 Å². The standard InChI is InChI=1S/C13H12F2N4O/c1-7-4-10(15)11(6-9(7)14)18-13(20)12-5-8(19-16)2-3-17-12/h2-6H,16H2,1H3,(H,17,19)(H,18,20). The highest BCUT2D eigenvalue weighted by atomic mass is 19.1. The van der Waals surface area contributed by atoms with Crippen molar-refractivity contribution in [1.82, 2.24) is 4.98 Å². The summed E-state index contributed by atoms with van der Waals surface area (Å²) in [6.45, 7) is 1.43. The third kappa shape index (κ3) is 2.89. The van der Waals surface area contributed by atoms with Crippen LogP contribution in [-0.2, 0) is 0 Å². The summed E-state index contributed by atoms with van der Waals surface area (Å²) in [5.74, 6) is 3.23. The molecule has 4 N–H and O–H groups in total. The molecule has 1 aromatic heterocycles. The summed E-state index contributed by atoms with van der Waals surface area (Å²) in [7, 11) is 0. The van der Waals surface area contributed by atoms with Crippen molar-refractivity contribution in [2.75, 3.05) is 10.7 Å². The van der Waals surface area contributed by atoms with Crippen LogP contribution in [0.3, 0.4) is 0 Å². The first-order valence-corrected chi connectivity index (χ1v) is 5.71. The predicted octanol–water partition coefficient (Wildman–Crippen LogP) is 2.21. The Morgan fingerprint density at radius 2 is 2.00 bits per heavy atom. The van der Waals surface area contributed by atoms with Gasteiger partial charge in [-0.1, -0.05) is 0 Å². The minimum Gasteiger partial charge on any atom is -0.324 e. The molecule has 20 heavy (non-hydrogen) atoms. The molecule has 1 heterocycles. The molecule has 104 valence electrons. The van der Waals surface area contributed by atoms with Crippen molar-refractivity contribution in [2.24, 2.45) is 5.84 Å². The quantitative estimate of drug-likeness (QED) is 0.594. The lowest BCUT2D eigenvalue weighted by Gasteiger charge is -2.08. The van der Waals surface area contributed by atoms with Gasteiger partial charge in [0.2, 0.25) is 0 Å². The van der Waals surface area contributed by atoms with E-state index >= 15 is 0 Å². The first-order valence-electron chi connectivity index (χ1n) is 5.71. The van der Waals surface area contributed by atoms with Crippen molar-refractivity contribution < 1.29 is 13.6 Å². The van der Waals surface area contributed by atoms with E-state index in [0.29, 0.717) is 5.69 Å². The third-order valence-electron chi connectivity index (χ3n) is 2.66. The smallest absolute Gasteiger partial charge is 0.274 e. The second-order valence-corrected chi connectivity index (χ2v) is 4.11. The number of benzene rings is 1. The van der Waals surface area contributed by atoms with Gasteiger partial charge in [0, 0.05) is 12.3 Å². The molecule has 0 aliphatic heterocycles. The van der Waals surface area contributed by atoms with Gasteiger partial charge in [0.1, 0.15) is 17.3 Å². The van der Waals surface area contributed by atoms with Crippen molar-refractivity contribution in [1.29, 1.82) is 0 Å². The molecule has 0 saturated heterocycles. The Bertz CT molecular complexity index is 661. The van der Waals surface area contributed by atoms with Crippen molar-refractivity contribution >= 4 is 17.3 Å². The van der Waals surface area contributed by atoms with E-state index in [-0.39, 0.29) is 16.9 Å². The second-order valence-electron chi connectivity index (χ2n) is 4.11. The van der Waals surface area contributed by atoms with E-state index in [1.807, 2.05) is 0 Å². The normalized spacial score (nSPS) is 10.2. The number of aromatic nitrogens is 1. The van der Waals surface area contributed by atoms with Crippen LogP contribution in [0.25, 0.3) is 0 Å². The minimum absolute atomic E-state index is 0.0285. The zero-order valence-electron chi connectivity index (χ0n) is 10.6. The highest BCUT2D eigenvalue weighted by Gasteiger charge is 2.13. The number of nitrogens with one attached hydrogen (secondary N) is 2. The van der Waals surface area contributed by atoms with Crippen LogP contribution in [0.4, 0.5) is 20.2 Å².